The van der Waals surface area contributed by atoms with Gasteiger partial charge in [-0.3, -0.25) is 9.69 Å². The molecular weight excluding hydrogens is 367 g/mol. The van der Waals surface area contributed by atoms with Crippen molar-refractivity contribution < 1.29 is 22.7 Å². The number of ether oxygens (including phenoxy) is 1. The van der Waals surface area contributed by atoms with E-state index in [9.17, 15) is 18.0 Å². The molecular formula is C22H20F3NO2. The third-order valence-electron chi connectivity index (χ3n) is 4.61. The standard InChI is InChI=1S/C22H20F3NO2/c1-2-16-4-3-5-19(11-16)21(27)14-17-10-18(13-20(12-17)22(23,24)25)15-26-6-8-28-9-7-26/h1,3-5,10-13H,6-9,14-15H2. The van der Waals surface area contributed by atoms with Crippen molar-refractivity contribution in [2.24, 2.45) is 0 Å². The predicted molar refractivity (Wildman–Crippen MR) is 100.0 cm³/mol. The second kappa shape index (κ2) is 8.59. The highest BCUT2D eigenvalue weighted by molar-refractivity contribution is 5.97. The van der Waals surface area contributed by atoms with Crippen molar-refractivity contribution in [1.82, 2.24) is 4.90 Å². The highest BCUT2D eigenvalue weighted by Gasteiger charge is 2.31. The number of rotatable bonds is 5. The van der Waals surface area contributed by atoms with E-state index in [0.29, 0.717) is 55.1 Å². The Kier molecular flexibility index (Phi) is 6.18. The molecule has 0 saturated carbocycles. The summed E-state index contributed by atoms with van der Waals surface area (Å²) in [5, 5.41) is 0. The number of Topliss-reactive ketones (excluding diaryl/α,β-unsaturated/α-hetero) is 1. The number of benzene rings is 2. The van der Waals surface area contributed by atoms with Gasteiger partial charge >= 0.3 is 6.18 Å². The minimum Gasteiger partial charge on any atom is -0.379 e. The fourth-order valence-electron chi connectivity index (χ4n) is 3.21. The maximum absolute atomic E-state index is 13.3. The van der Waals surface area contributed by atoms with Crippen LogP contribution in [0.2, 0.25) is 0 Å². The molecule has 1 saturated heterocycles. The Morgan fingerprint density at radius 3 is 2.50 bits per heavy atom. The van der Waals surface area contributed by atoms with Crippen LogP contribution in [0.5, 0.6) is 0 Å². The average molecular weight is 387 g/mol. The monoisotopic (exact) mass is 387 g/mol. The normalized spacial score (nSPS) is 15.2. The van der Waals surface area contributed by atoms with Gasteiger partial charge in [-0.25, -0.2) is 0 Å². The molecule has 3 nitrogen and oxygen atoms in total. The third-order valence-corrected chi connectivity index (χ3v) is 4.61. The van der Waals surface area contributed by atoms with E-state index in [1.165, 1.54) is 0 Å². The zero-order valence-electron chi connectivity index (χ0n) is 15.3. The quantitative estimate of drug-likeness (QED) is 0.575. The van der Waals surface area contributed by atoms with Gasteiger partial charge in [-0.05, 0) is 35.4 Å². The average Bonchev–Trinajstić information content (AvgIpc) is 2.68. The third kappa shape index (κ3) is 5.22. The molecule has 0 bridgehead atoms. The van der Waals surface area contributed by atoms with Gasteiger partial charge in [0.05, 0.1) is 18.8 Å². The van der Waals surface area contributed by atoms with Gasteiger partial charge in [-0.2, -0.15) is 13.2 Å². The van der Waals surface area contributed by atoms with Gasteiger partial charge in [0.1, 0.15) is 0 Å². The van der Waals surface area contributed by atoms with Crippen LogP contribution in [0.25, 0.3) is 0 Å². The molecule has 3 rings (SSSR count). The lowest BCUT2D eigenvalue weighted by Crippen LogP contribution is -2.35. The summed E-state index contributed by atoms with van der Waals surface area (Å²) in [6.07, 6.45) is 0.761. The number of nitrogens with zero attached hydrogens (tertiary/aromatic N) is 1. The molecule has 6 heteroatoms. The summed E-state index contributed by atoms with van der Waals surface area (Å²) in [5.74, 6) is 2.18. The van der Waals surface area contributed by atoms with Crippen molar-refractivity contribution >= 4 is 5.78 Å². The largest absolute Gasteiger partial charge is 0.416 e. The zero-order chi connectivity index (χ0) is 20.1. The van der Waals surface area contributed by atoms with Crippen molar-refractivity contribution in [3.8, 4) is 12.3 Å². The molecule has 0 aliphatic carbocycles. The van der Waals surface area contributed by atoms with E-state index in [1.54, 1.807) is 30.3 Å². The molecule has 0 spiro atoms. The molecule has 2 aromatic carbocycles. The fraction of sp³-hybridized carbons (Fsp3) is 0.318. The first kappa shape index (κ1) is 20.1. The van der Waals surface area contributed by atoms with Crippen LogP contribution >= 0.6 is 0 Å². The second-order valence-electron chi connectivity index (χ2n) is 6.75. The van der Waals surface area contributed by atoms with Crippen LogP contribution in [0.15, 0.2) is 42.5 Å². The van der Waals surface area contributed by atoms with Crippen molar-refractivity contribution in [3.05, 3.63) is 70.3 Å². The number of ketones is 1. The lowest BCUT2D eigenvalue weighted by atomic mass is 9.97. The lowest BCUT2D eigenvalue weighted by Gasteiger charge is -2.27. The number of carbonyl (C=O) groups excluding carboxylic acids is 1. The van der Waals surface area contributed by atoms with Gasteiger partial charge in [0.25, 0.3) is 0 Å². The zero-order valence-corrected chi connectivity index (χ0v) is 15.3. The van der Waals surface area contributed by atoms with Gasteiger partial charge in [0.2, 0.25) is 0 Å². The van der Waals surface area contributed by atoms with Crippen molar-refractivity contribution in [2.75, 3.05) is 26.3 Å². The number of halogens is 3. The smallest absolute Gasteiger partial charge is 0.379 e. The van der Waals surface area contributed by atoms with Gasteiger partial charge in [0.15, 0.2) is 5.78 Å². The number of terminal acetylenes is 1. The Morgan fingerprint density at radius 2 is 1.82 bits per heavy atom. The molecule has 2 aromatic rings. The van der Waals surface area contributed by atoms with Gasteiger partial charge in [-0.1, -0.05) is 24.1 Å². The van der Waals surface area contributed by atoms with Gasteiger partial charge in [0, 0.05) is 37.2 Å². The van der Waals surface area contributed by atoms with Crippen LogP contribution in [0.4, 0.5) is 13.2 Å². The first-order valence-corrected chi connectivity index (χ1v) is 8.95. The summed E-state index contributed by atoms with van der Waals surface area (Å²) < 4.78 is 45.3. The second-order valence-corrected chi connectivity index (χ2v) is 6.75. The molecule has 1 aliphatic heterocycles. The number of carbonyl (C=O) groups is 1. The Morgan fingerprint density at radius 1 is 1.11 bits per heavy atom. The van der Waals surface area contributed by atoms with Crippen LogP contribution in [-0.4, -0.2) is 37.0 Å². The van der Waals surface area contributed by atoms with E-state index in [2.05, 4.69) is 5.92 Å². The molecule has 1 aliphatic rings. The lowest BCUT2D eigenvalue weighted by molar-refractivity contribution is -0.137. The topological polar surface area (TPSA) is 29.5 Å². The maximum Gasteiger partial charge on any atom is 0.416 e. The Balaban J connectivity index is 1.85. The Hall–Kier alpha value is -2.62. The molecule has 146 valence electrons. The van der Waals surface area contributed by atoms with Crippen molar-refractivity contribution in [3.63, 3.8) is 0 Å². The highest BCUT2D eigenvalue weighted by Crippen LogP contribution is 2.31. The van der Waals surface area contributed by atoms with Crippen LogP contribution in [0, 0.1) is 12.3 Å². The van der Waals surface area contributed by atoms with Gasteiger partial charge in [-0.15, -0.1) is 6.42 Å². The number of alkyl halides is 3. The molecule has 0 aromatic heterocycles. The summed E-state index contributed by atoms with van der Waals surface area (Å²) >= 11 is 0. The highest BCUT2D eigenvalue weighted by atomic mass is 19.4. The summed E-state index contributed by atoms with van der Waals surface area (Å²) in [4.78, 5) is 14.6. The van der Waals surface area contributed by atoms with E-state index in [4.69, 9.17) is 11.2 Å². The molecule has 0 atom stereocenters. The van der Waals surface area contributed by atoms with Gasteiger partial charge < -0.3 is 4.74 Å². The van der Waals surface area contributed by atoms with E-state index in [1.807, 2.05) is 4.90 Å². The van der Waals surface area contributed by atoms with Crippen LogP contribution < -0.4 is 0 Å². The summed E-state index contributed by atoms with van der Waals surface area (Å²) in [5.41, 5.74) is 1.09. The van der Waals surface area contributed by atoms with E-state index < -0.39 is 11.7 Å². The molecule has 0 amide bonds. The molecule has 1 heterocycles. The molecule has 0 unspecified atom stereocenters. The molecule has 0 radical (unpaired) electrons. The number of hydrogen-bond acceptors (Lipinski definition) is 3. The number of hydrogen-bond donors (Lipinski definition) is 0. The van der Waals surface area contributed by atoms with E-state index in [-0.39, 0.29) is 12.2 Å². The van der Waals surface area contributed by atoms with E-state index in [0.717, 1.165) is 12.1 Å². The van der Waals surface area contributed by atoms with Crippen molar-refractivity contribution in [1.29, 1.82) is 0 Å². The van der Waals surface area contributed by atoms with Crippen molar-refractivity contribution in [2.45, 2.75) is 19.1 Å². The maximum atomic E-state index is 13.3. The fourth-order valence-corrected chi connectivity index (χ4v) is 3.21. The molecule has 1 fully saturated rings. The summed E-state index contributed by atoms with van der Waals surface area (Å²) in [7, 11) is 0. The minimum atomic E-state index is -4.47. The summed E-state index contributed by atoms with van der Waals surface area (Å²) in [6.45, 7) is 2.86. The first-order valence-electron chi connectivity index (χ1n) is 8.95. The van der Waals surface area contributed by atoms with Crippen LogP contribution in [0.3, 0.4) is 0 Å². The molecule has 28 heavy (non-hydrogen) atoms. The van der Waals surface area contributed by atoms with Crippen LogP contribution in [-0.2, 0) is 23.9 Å². The predicted octanol–water partition coefficient (Wildman–Crippen LogP) is 3.94. The first-order chi connectivity index (χ1) is 13.3. The number of morpholine rings is 1. The molecule has 0 N–H and O–H groups in total. The summed E-state index contributed by atoms with van der Waals surface area (Å²) in [6, 6.07) is 10.4. The minimum absolute atomic E-state index is 0.117. The SMILES string of the molecule is C#Cc1cccc(C(=O)Cc2cc(CN3CCOCC3)cc(C(F)(F)F)c2)c1. The van der Waals surface area contributed by atoms with E-state index >= 15 is 0 Å². The van der Waals surface area contributed by atoms with Crippen LogP contribution in [0.1, 0.15) is 32.6 Å². The Bertz CT molecular complexity index is 893. The Labute approximate surface area is 162 Å².